The van der Waals surface area contributed by atoms with Crippen molar-refractivity contribution in [3.63, 3.8) is 0 Å². The highest BCUT2D eigenvalue weighted by Crippen LogP contribution is 2.09. The van der Waals surface area contributed by atoms with Crippen molar-refractivity contribution in [3.8, 4) is 0 Å². The van der Waals surface area contributed by atoms with E-state index in [9.17, 15) is 9.59 Å². The molecule has 6 nitrogen and oxygen atoms in total. The SMILES string of the molecule is O=C1CC[C@H](C(=O)Nc2ccn[nH]2)N1. The lowest BCUT2D eigenvalue weighted by Crippen LogP contribution is -2.37. The molecule has 74 valence electrons. The number of rotatable bonds is 2. The number of carbonyl (C=O) groups excluding carboxylic acids is 2. The Labute approximate surface area is 80.1 Å². The molecule has 0 aliphatic carbocycles. The predicted octanol–water partition coefficient (Wildman–Crippen LogP) is -0.373. The smallest absolute Gasteiger partial charge is 0.248 e. The number of nitrogens with zero attached hydrogens (tertiary/aromatic N) is 1. The lowest BCUT2D eigenvalue weighted by atomic mass is 10.2. The third-order valence-electron chi connectivity index (χ3n) is 2.07. The summed E-state index contributed by atoms with van der Waals surface area (Å²) in [7, 11) is 0. The third kappa shape index (κ3) is 1.73. The molecule has 1 aliphatic heterocycles. The zero-order valence-corrected chi connectivity index (χ0v) is 7.41. The molecule has 1 aromatic rings. The number of amides is 2. The highest BCUT2D eigenvalue weighted by molar-refractivity contribution is 5.98. The molecule has 0 saturated carbocycles. The van der Waals surface area contributed by atoms with E-state index in [2.05, 4.69) is 20.8 Å². The Hall–Kier alpha value is -1.85. The molecule has 1 fully saturated rings. The molecule has 1 aliphatic rings. The summed E-state index contributed by atoms with van der Waals surface area (Å²) in [6.07, 6.45) is 2.52. The van der Waals surface area contributed by atoms with Gasteiger partial charge in [0.2, 0.25) is 11.8 Å². The maximum Gasteiger partial charge on any atom is 0.248 e. The predicted molar refractivity (Wildman–Crippen MR) is 48.4 cm³/mol. The van der Waals surface area contributed by atoms with Crippen LogP contribution in [0.15, 0.2) is 12.3 Å². The Morgan fingerprint density at radius 1 is 1.64 bits per heavy atom. The molecule has 0 bridgehead atoms. The number of aromatic nitrogens is 2. The highest BCUT2D eigenvalue weighted by atomic mass is 16.2. The Morgan fingerprint density at radius 2 is 2.50 bits per heavy atom. The average Bonchev–Trinajstić information content (AvgIpc) is 2.75. The number of H-pyrrole nitrogens is 1. The van der Waals surface area contributed by atoms with Crippen LogP contribution in [0, 0.1) is 0 Å². The van der Waals surface area contributed by atoms with Crippen molar-refractivity contribution in [2.24, 2.45) is 0 Å². The van der Waals surface area contributed by atoms with Gasteiger partial charge in [-0.25, -0.2) is 0 Å². The lowest BCUT2D eigenvalue weighted by Gasteiger charge is -2.08. The number of nitrogens with one attached hydrogen (secondary N) is 3. The summed E-state index contributed by atoms with van der Waals surface area (Å²) in [6, 6.07) is 1.24. The zero-order chi connectivity index (χ0) is 9.97. The summed E-state index contributed by atoms with van der Waals surface area (Å²) >= 11 is 0. The van der Waals surface area contributed by atoms with Gasteiger partial charge < -0.3 is 10.6 Å². The van der Waals surface area contributed by atoms with Crippen LogP contribution in [0.2, 0.25) is 0 Å². The topological polar surface area (TPSA) is 86.9 Å². The van der Waals surface area contributed by atoms with Crippen LogP contribution in [0.3, 0.4) is 0 Å². The second kappa shape index (κ2) is 3.49. The number of anilines is 1. The number of aromatic amines is 1. The fraction of sp³-hybridized carbons (Fsp3) is 0.375. The summed E-state index contributed by atoms with van der Waals surface area (Å²) in [4.78, 5) is 22.3. The maximum absolute atomic E-state index is 11.5. The van der Waals surface area contributed by atoms with E-state index in [1.54, 1.807) is 12.3 Å². The van der Waals surface area contributed by atoms with Crippen molar-refractivity contribution < 1.29 is 9.59 Å². The van der Waals surface area contributed by atoms with Gasteiger partial charge in [-0.1, -0.05) is 0 Å². The Morgan fingerprint density at radius 3 is 3.07 bits per heavy atom. The van der Waals surface area contributed by atoms with E-state index >= 15 is 0 Å². The average molecular weight is 194 g/mol. The van der Waals surface area contributed by atoms with Crippen LogP contribution in [0.25, 0.3) is 0 Å². The van der Waals surface area contributed by atoms with Gasteiger partial charge in [0.05, 0.1) is 6.20 Å². The second-order valence-corrected chi connectivity index (χ2v) is 3.12. The summed E-state index contributed by atoms with van der Waals surface area (Å²) in [5, 5.41) is 11.5. The Balaban J connectivity index is 1.93. The van der Waals surface area contributed by atoms with E-state index in [1.165, 1.54) is 0 Å². The molecule has 2 amide bonds. The molecule has 2 rings (SSSR count). The van der Waals surface area contributed by atoms with Crippen molar-refractivity contribution in [1.29, 1.82) is 0 Å². The molecular formula is C8H10N4O2. The fourth-order valence-electron chi connectivity index (χ4n) is 1.36. The van der Waals surface area contributed by atoms with Crippen molar-refractivity contribution >= 4 is 17.6 Å². The molecule has 0 spiro atoms. The molecule has 0 radical (unpaired) electrons. The van der Waals surface area contributed by atoms with Gasteiger partial charge >= 0.3 is 0 Å². The van der Waals surface area contributed by atoms with Gasteiger partial charge in [0.1, 0.15) is 11.9 Å². The minimum absolute atomic E-state index is 0.0743. The molecule has 1 aromatic heterocycles. The summed E-state index contributed by atoms with van der Waals surface area (Å²) in [6.45, 7) is 0. The van der Waals surface area contributed by atoms with Gasteiger partial charge in [-0.3, -0.25) is 14.7 Å². The fourth-order valence-corrected chi connectivity index (χ4v) is 1.36. The van der Waals surface area contributed by atoms with E-state index in [4.69, 9.17) is 0 Å². The lowest BCUT2D eigenvalue weighted by molar-refractivity contribution is -0.122. The van der Waals surface area contributed by atoms with Crippen molar-refractivity contribution in [3.05, 3.63) is 12.3 Å². The van der Waals surface area contributed by atoms with Crippen LogP contribution < -0.4 is 10.6 Å². The molecule has 0 unspecified atom stereocenters. The molecule has 3 N–H and O–H groups in total. The minimum Gasteiger partial charge on any atom is -0.344 e. The first-order valence-corrected chi connectivity index (χ1v) is 4.35. The van der Waals surface area contributed by atoms with Crippen molar-refractivity contribution in [2.75, 3.05) is 5.32 Å². The molecule has 2 heterocycles. The summed E-state index contributed by atoms with van der Waals surface area (Å²) in [5.74, 6) is 0.256. The van der Waals surface area contributed by atoms with Crippen LogP contribution in [0.1, 0.15) is 12.8 Å². The summed E-state index contributed by atoms with van der Waals surface area (Å²) < 4.78 is 0. The quantitative estimate of drug-likeness (QED) is 0.600. The first-order valence-electron chi connectivity index (χ1n) is 4.35. The highest BCUT2D eigenvalue weighted by Gasteiger charge is 2.27. The van der Waals surface area contributed by atoms with Gasteiger partial charge in [-0.2, -0.15) is 5.10 Å². The van der Waals surface area contributed by atoms with Crippen LogP contribution in [-0.4, -0.2) is 28.1 Å². The number of carbonyl (C=O) groups is 2. The monoisotopic (exact) mass is 194 g/mol. The maximum atomic E-state index is 11.5. The largest absolute Gasteiger partial charge is 0.344 e. The number of hydrogen-bond donors (Lipinski definition) is 3. The summed E-state index contributed by atoms with van der Waals surface area (Å²) in [5.41, 5.74) is 0. The Kier molecular flexibility index (Phi) is 2.18. The van der Waals surface area contributed by atoms with Crippen LogP contribution in [-0.2, 0) is 9.59 Å². The standard InChI is InChI=1S/C8H10N4O2/c13-7-2-1-5(10-7)8(14)11-6-3-4-9-12-6/h3-5H,1-2H2,(H,10,13)(H2,9,11,12,14)/t5-/m1/s1. The minimum atomic E-state index is -0.411. The normalized spacial score (nSPS) is 20.6. The van der Waals surface area contributed by atoms with Crippen LogP contribution in [0.5, 0.6) is 0 Å². The van der Waals surface area contributed by atoms with E-state index < -0.39 is 6.04 Å². The van der Waals surface area contributed by atoms with Gasteiger partial charge in [-0.05, 0) is 6.42 Å². The van der Waals surface area contributed by atoms with Crippen molar-refractivity contribution in [1.82, 2.24) is 15.5 Å². The van der Waals surface area contributed by atoms with Crippen molar-refractivity contribution in [2.45, 2.75) is 18.9 Å². The molecule has 14 heavy (non-hydrogen) atoms. The van der Waals surface area contributed by atoms with E-state index in [0.29, 0.717) is 18.7 Å². The van der Waals surface area contributed by atoms with Crippen LogP contribution >= 0.6 is 0 Å². The molecule has 1 saturated heterocycles. The molecule has 6 heteroatoms. The van der Waals surface area contributed by atoms with Gasteiger partial charge in [-0.15, -0.1) is 0 Å². The number of hydrogen-bond acceptors (Lipinski definition) is 3. The third-order valence-corrected chi connectivity index (χ3v) is 2.07. The first kappa shape index (κ1) is 8.74. The molecule has 1 atom stereocenters. The molecule has 0 aromatic carbocycles. The van der Waals surface area contributed by atoms with E-state index in [0.717, 1.165) is 0 Å². The van der Waals surface area contributed by atoms with Gasteiger partial charge in [0.15, 0.2) is 0 Å². The van der Waals surface area contributed by atoms with Gasteiger partial charge in [0.25, 0.3) is 0 Å². The van der Waals surface area contributed by atoms with Crippen LogP contribution in [0.4, 0.5) is 5.82 Å². The van der Waals surface area contributed by atoms with Gasteiger partial charge in [0, 0.05) is 12.5 Å². The zero-order valence-electron chi connectivity index (χ0n) is 7.41. The molecular weight excluding hydrogens is 184 g/mol. The van der Waals surface area contributed by atoms with E-state index in [1.807, 2.05) is 0 Å². The first-order chi connectivity index (χ1) is 6.75. The second-order valence-electron chi connectivity index (χ2n) is 3.12. The van der Waals surface area contributed by atoms with E-state index in [-0.39, 0.29) is 11.8 Å². The Bertz CT molecular complexity index is 346.